The molecule has 8 heteroatoms. The Morgan fingerprint density at radius 2 is 1.97 bits per heavy atom. The minimum Gasteiger partial charge on any atom is -0.457 e. The molecule has 2 rings (SSSR count). The summed E-state index contributed by atoms with van der Waals surface area (Å²) in [6, 6.07) is 0. The first-order valence-corrected chi connectivity index (χ1v) is 14.3. The van der Waals surface area contributed by atoms with Crippen LogP contribution in [-0.4, -0.2) is 71.5 Å². The van der Waals surface area contributed by atoms with E-state index in [1.165, 1.54) is 6.92 Å². The lowest BCUT2D eigenvalue weighted by molar-refractivity contribution is -0.157. The van der Waals surface area contributed by atoms with Gasteiger partial charge in [0.1, 0.15) is 17.8 Å². The van der Waals surface area contributed by atoms with Crippen LogP contribution in [-0.2, 0) is 28.5 Å². The van der Waals surface area contributed by atoms with Crippen LogP contribution in [0.5, 0.6) is 0 Å². The van der Waals surface area contributed by atoms with Crippen molar-refractivity contribution >= 4 is 11.9 Å². The first-order valence-electron chi connectivity index (χ1n) is 14.3. The number of cyclic esters (lactones) is 1. The van der Waals surface area contributed by atoms with Gasteiger partial charge in [-0.2, -0.15) is 0 Å². The number of allylic oxidation sites excluding steroid dienone is 3. The lowest BCUT2D eigenvalue weighted by atomic mass is 9.88. The van der Waals surface area contributed by atoms with Gasteiger partial charge >= 0.3 is 11.9 Å². The zero-order valence-corrected chi connectivity index (χ0v) is 25.0. The number of carbonyl (C=O) groups excluding carboxylic acids is 2. The molecule has 0 spiro atoms. The molecule has 0 bridgehead atoms. The van der Waals surface area contributed by atoms with Crippen LogP contribution in [0.1, 0.15) is 80.6 Å². The van der Waals surface area contributed by atoms with Gasteiger partial charge in [-0.3, -0.25) is 9.59 Å². The third kappa shape index (κ3) is 10.5. The fourth-order valence-electron chi connectivity index (χ4n) is 5.34. The molecule has 0 aromatic rings. The summed E-state index contributed by atoms with van der Waals surface area (Å²) in [7, 11) is 1.75. The molecule has 2 heterocycles. The summed E-state index contributed by atoms with van der Waals surface area (Å²) in [6.45, 7) is 13.1. The summed E-state index contributed by atoms with van der Waals surface area (Å²) in [6.07, 6.45) is 9.74. The predicted molar refractivity (Wildman–Crippen MR) is 150 cm³/mol. The molecular formula is C31H50O8. The third-order valence-electron chi connectivity index (χ3n) is 7.90. The van der Waals surface area contributed by atoms with Crippen LogP contribution in [0.15, 0.2) is 36.0 Å². The van der Waals surface area contributed by atoms with Gasteiger partial charge < -0.3 is 29.2 Å². The van der Waals surface area contributed by atoms with Crippen LogP contribution >= 0.6 is 0 Å². The second-order valence-electron chi connectivity index (χ2n) is 11.6. The van der Waals surface area contributed by atoms with E-state index in [1.807, 2.05) is 26.0 Å². The van der Waals surface area contributed by atoms with E-state index in [0.29, 0.717) is 11.8 Å². The Balaban J connectivity index is 2.11. The average molecular weight is 551 g/mol. The molecule has 8 nitrogen and oxygen atoms in total. The number of aliphatic hydroxyl groups is 2. The zero-order valence-electron chi connectivity index (χ0n) is 25.0. The Bertz CT molecular complexity index is 887. The molecule has 1 fully saturated rings. The number of methoxy groups -OCH3 is 1. The number of hydrogen-bond donors (Lipinski definition) is 2. The minimum absolute atomic E-state index is 0.153. The molecule has 0 radical (unpaired) electrons. The second-order valence-corrected chi connectivity index (χ2v) is 11.6. The number of aliphatic hydroxyl groups excluding tert-OH is 1. The summed E-state index contributed by atoms with van der Waals surface area (Å²) < 4.78 is 22.7. The van der Waals surface area contributed by atoms with Crippen molar-refractivity contribution in [1.82, 2.24) is 0 Å². The monoisotopic (exact) mass is 550 g/mol. The highest BCUT2D eigenvalue weighted by Crippen LogP contribution is 2.37. The second kappa shape index (κ2) is 15.1. The van der Waals surface area contributed by atoms with Crippen LogP contribution in [0, 0.1) is 17.8 Å². The number of ether oxygens (including phenoxy) is 4. The Labute approximate surface area is 234 Å². The van der Waals surface area contributed by atoms with Gasteiger partial charge in [-0.05, 0) is 57.1 Å². The molecule has 10 atom stereocenters. The van der Waals surface area contributed by atoms with Crippen molar-refractivity contribution in [3.63, 3.8) is 0 Å². The molecule has 0 saturated carbocycles. The van der Waals surface area contributed by atoms with Gasteiger partial charge in [0.25, 0.3) is 0 Å². The summed E-state index contributed by atoms with van der Waals surface area (Å²) >= 11 is 0. The zero-order chi connectivity index (χ0) is 29.3. The van der Waals surface area contributed by atoms with Crippen LogP contribution < -0.4 is 0 Å². The van der Waals surface area contributed by atoms with Gasteiger partial charge in [-0.25, -0.2) is 0 Å². The van der Waals surface area contributed by atoms with Crippen LogP contribution in [0.25, 0.3) is 0 Å². The largest absolute Gasteiger partial charge is 0.457 e. The summed E-state index contributed by atoms with van der Waals surface area (Å²) in [5.41, 5.74) is -0.555. The highest BCUT2D eigenvalue weighted by molar-refractivity contribution is 5.70. The van der Waals surface area contributed by atoms with E-state index >= 15 is 0 Å². The topological polar surface area (TPSA) is 115 Å². The maximum absolute atomic E-state index is 12.6. The fraction of sp³-hybridized carbons (Fsp3) is 0.742. The van der Waals surface area contributed by atoms with Crippen molar-refractivity contribution in [2.24, 2.45) is 17.8 Å². The SMILES string of the molecule is CCC(OC)C(C)C1OC1CC(C)/C=C/C=C(\C)C1OC(=O)CC(O)CCC(C)(O)C(OC(C)=O)/C=C\C1C. The summed E-state index contributed by atoms with van der Waals surface area (Å²) in [5.74, 6) is -0.615. The molecular weight excluding hydrogens is 500 g/mol. The van der Waals surface area contributed by atoms with E-state index in [4.69, 9.17) is 18.9 Å². The highest BCUT2D eigenvalue weighted by Gasteiger charge is 2.45. The van der Waals surface area contributed by atoms with E-state index in [1.54, 1.807) is 26.2 Å². The minimum atomic E-state index is -1.39. The Morgan fingerprint density at radius 3 is 2.59 bits per heavy atom. The van der Waals surface area contributed by atoms with Crippen molar-refractivity contribution < 1.29 is 38.7 Å². The normalized spacial score (nSPS) is 35.7. The summed E-state index contributed by atoms with van der Waals surface area (Å²) in [4.78, 5) is 24.3. The number of rotatable bonds is 10. The van der Waals surface area contributed by atoms with E-state index in [9.17, 15) is 19.8 Å². The Kier molecular flexibility index (Phi) is 12.9. The quantitative estimate of drug-likeness (QED) is 0.174. The lowest BCUT2D eigenvalue weighted by Gasteiger charge is -2.32. The van der Waals surface area contributed by atoms with Gasteiger partial charge in [-0.15, -0.1) is 0 Å². The molecule has 2 aliphatic rings. The molecule has 2 N–H and O–H groups in total. The summed E-state index contributed by atoms with van der Waals surface area (Å²) in [5, 5.41) is 21.3. The molecule has 0 aromatic heterocycles. The predicted octanol–water partition coefficient (Wildman–Crippen LogP) is 4.68. The lowest BCUT2D eigenvalue weighted by Crippen LogP contribution is -2.42. The van der Waals surface area contributed by atoms with Crippen molar-refractivity contribution in [3.8, 4) is 0 Å². The van der Waals surface area contributed by atoms with E-state index in [-0.39, 0.29) is 43.5 Å². The Hall–Kier alpha value is -2.00. The standard InChI is InChI=1S/C31H50O8/c1-9-25(36-8)22(5)30-26(38-30)17-19(2)11-10-12-20(3)29-21(4)13-14-27(37-23(6)32)31(7,35)16-15-24(33)18-28(34)39-29/h10-14,19,21-22,24-27,29-30,33,35H,9,15-18H2,1-8H3/b11-10+,14-13-,20-12+. The smallest absolute Gasteiger partial charge is 0.309 e. The first kappa shape index (κ1) is 33.2. The molecule has 39 heavy (non-hydrogen) atoms. The van der Waals surface area contributed by atoms with Gasteiger partial charge in [0, 0.05) is 25.9 Å². The third-order valence-corrected chi connectivity index (χ3v) is 7.90. The number of carbonyl (C=O) groups is 2. The van der Waals surface area contributed by atoms with Crippen molar-refractivity contribution in [3.05, 3.63) is 36.0 Å². The van der Waals surface area contributed by atoms with Gasteiger partial charge in [0.15, 0.2) is 0 Å². The molecule has 222 valence electrons. The fourth-order valence-corrected chi connectivity index (χ4v) is 5.34. The van der Waals surface area contributed by atoms with Crippen LogP contribution in [0.3, 0.4) is 0 Å². The number of epoxide rings is 1. The average Bonchev–Trinajstić information content (AvgIpc) is 3.62. The number of esters is 2. The van der Waals surface area contributed by atoms with Crippen LogP contribution in [0.2, 0.25) is 0 Å². The molecule has 1 saturated heterocycles. The van der Waals surface area contributed by atoms with Crippen molar-refractivity contribution in [1.29, 1.82) is 0 Å². The molecule has 2 aliphatic heterocycles. The van der Waals surface area contributed by atoms with E-state index in [0.717, 1.165) is 18.4 Å². The van der Waals surface area contributed by atoms with Crippen molar-refractivity contribution in [2.75, 3.05) is 7.11 Å². The number of hydrogen-bond acceptors (Lipinski definition) is 8. The van der Waals surface area contributed by atoms with Gasteiger partial charge in [0.2, 0.25) is 0 Å². The van der Waals surface area contributed by atoms with E-state index < -0.39 is 35.9 Å². The van der Waals surface area contributed by atoms with Crippen molar-refractivity contribution in [2.45, 2.75) is 123 Å². The Morgan fingerprint density at radius 1 is 1.28 bits per heavy atom. The maximum Gasteiger partial charge on any atom is 0.309 e. The molecule has 0 aliphatic carbocycles. The molecule has 10 unspecified atom stereocenters. The van der Waals surface area contributed by atoms with E-state index in [2.05, 4.69) is 26.8 Å². The first-order chi connectivity index (χ1) is 18.3. The molecule has 0 aromatic carbocycles. The van der Waals surface area contributed by atoms with Gasteiger partial charge in [0.05, 0.1) is 30.8 Å². The molecule has 0 amide bonds. The van der Waals surface area contributed by atoms with Crippen LogP contribution in [0.4, 0.5) is 0 Å². The van der Waals surface area contributed by atoms with Gasteiger partial charge in [-0.1, -0.05) is 52.0 Å². The highest BCUT2D eigenvalue weighted by atomic mass is 16.6. The maximum atomic E-state index is 12.6.